The average Bonchev–Trinajstić information content (AvgIpc) is 3.18. The molecule has 0 aliphatic carbocycles. The molecule has 2 aromatic carbocycles. The van der Waals surface area contributed by atoms with Crippen molar-refractivity contribution < 1.29 is 18.3 Å². The minimum absolute atomic E-state index is 0.101. The van der Waals surface area contributed by atoms with Gasteiger partial charge in [0.2, 0.25) is 5.91 Å². The third-order valence-electron chi connectivity index (χ3n) is 3.80. The van der Waals surface area contributed by atoms with Crippen LogP contribution in [0.3, 0.4) is 0 Å². The second-order valence-electron chi connectivity index (χ2n) is 5.99. The van der Waals surface area contributed by atoms with E-state index in [0.717, 1.165) is 18.2 Å². The number of ether oxygens (including phenoxy) is 1. The second kappa shape index (κ2) is 9.89. The normalized spacial score (nSPS) is 11.8. The van der Waals surface area contributed by atoms with Crippen LogP contribution >= 0.6 is 11.8 Å². The Labute approximate surface area is 166 Å². The van der Waals surface area contributed by atoms with Gasteiger partial charge in [0.15, 0.2) is 6.10 Å². The first kappa shape index (κ1) is 19.9. The van der Waals surface area contributed by atoms with Crippen LogP contribution < -0.4 is 10.1 Å². The molecule has 3 aromatic rings. The van der Waals surface area contributed by atoms with E-state index in [4.69, 9.17) is 9.15 Å². The molecule has 8 heteroatoms. The zero-order valence-corrected chi connectivity index (χ0v) is 16.1. The third-order valence-corrected chi connectivity index (χ3v) is 4.62. The summed E-state index contributed by atoms with van der Waals surface area (Å²) in [5.74, 6) is 0.536. The molecule has 1 heterocycles. The van der Waals surface area contributed by atoms with Gasteiger partial charge in [-0.1, -0.05) is 42.1 Å². The van der Waals surface area contributed by atoms with E-state index in [0.29, 0.717) is 17.5 Å². The van der Waals surface area contributed by atoms with Gasteiger partial charge in [-0.05, 0) is 43.2 Å². The Morgan fingerprint density at radius 2 is 1.93 bits per heavy atom. The number of halogens is 1. The molecule has 6 nitrogen and oxygen atoms in total. The Kier molecular flexibility index (Phi) is 7.02. The van der Waals surface area contributed by atoms with Crippen molar-refractivity contribution in [1.82, 2.24) is 15.5 Å². The summed E-state index contributed by atoms with van der Waals surface area (Å²) in [6.45, 7) is 2.32. The second-order valence-corrected chi connectivity index (χ2v) is 6.92. The van der Waals surface area contributed by atoms with Gasteiger partial charge < -0.3 is 14.5 Å². The molecular weight excluding hydrogens is 381 g/mol. The van der Waals surface area contributed by atoms with E-state index >= 15 is 0 Å². The summed E-state index contributed by atoms with van der Waals surface area (Å²) >= 11 is 1.16. The molecule has 1 atom stereocenters. The quantitative estimate of drug-likeness (QED) is 0.550. The first-order chi connectivity index (χ1) is 13.6. The fourth-order valence-corrected chi connectivity index (χ4v) is 2.98. The number of amides is 1. The van der Waals surface area contributed by atoms with Gasteiger partial charge in [-0.15, -0.1) is 10.2 Å². The SMILES string of the molecule is C[C@H](Oc1ccc(F)cc1)c1nnc(SCC(=O)NCCc2ccccc2)o1. The van der Waals surface area contributed by atoms with Crippen LogP contribution in [-0.2, 0) is 11.2 Å². The number of carbonyl (C=O) groups is 1. The number of rotatable bonds is 9. The number of thioether (sulfide) groups is 1. The predicted octanol–water partition coefficient (Wildman–Crippen LogP) is 3.80. The van der Waals surface area contributed by atoms with E-state index in [1.165, 1.54) is 29.8 Å². The van der Waals surface area contributed by atoms with Gasteiger partial charge in [-0.2, -0.15) is 0 Å². The Morgan fingerprint density at radius 1 is 1.18 bits per heavy atom. The Balaban J connectivity index is 1.41. The maximum Gasteiger partial charge on any atom is 0.277 e. The van der Waals surface area contributed by atoms with E-state index in [-0.39, 0.29) is 23.4 Å². The molecule has 28 heavy (non-hydrogen) atoms. The van der Waals surface area contributed by atoms with Crippen molar-refractivity contribution in [3.8, 4) is 5.75 Å². The monoisotopic (exact) mass is 401 g/mol. The number of benzene rings is 2. The highest BCUT2D eigenvalue weighted by molar-refractivity contribution is 7.99. The summed E-state index contributed by atoms with van der Waals surface area (Å²) in [7, 11) is 0. The standard InChI is InChI=1S/C20H20FN3O3S/c1-14(26-17-9-7-16(21)8-10-17)19-23-24-20(27-19)28-13-18(25)22-12-11-15-5-3-2-4-6-15/h2-10,14H,11-13H2,1H3,(H,22,25)/t14-/m0/s1. The zero-order chi connectivity index (χ0) is 19.8. The fourth-order valence-electron chi connectivity index (χ4n) is 2.38. The number of nitrogens with one attached hydrogen (secondary N) is 1. The molecule has 0 saturated carbocycles. The van der Waals surface area contributed by atoms with E-state index in [9.17, 15) is 9.18 Å². The van der Waals surface area contributed by atoms with E-state index in [1.807, 2.05) is 30.3 Å². The highest BCUT2D eigenvalue weighted by atomic mass is 32.2. The van der Waals surface area contributed by atoms with Crippen LogP contribution in [0.2, 0.25) is 0 Å². The van der Waals surface area contributed by atoms with Crippen molar-refractivity contribution in [2.75, 3.05) is 12.3 Å². The highest BCUT2D eigenvalue weighted by Crippen LogP contribution is 2.24. The van der Waals surface area contributed by atoms with Crippen LogP contribution in [0.25, 0.3) is 0 Å². The van der Waals surface area contributed by atoms with Crippen molar-refractivity contribution in [3.05, 3.63) is 71.9 Å². The molecule has 0 saturated heterocycles. The summed E-state index contributed by atoms with van der Waals surface area (Å²) in [5, 5.41) is 11.0. The highest BCUT2D eigenvalue weighted by Gasteiger charge is 2.16. The lowest BCUT2D eigenvalue weighted by molar-refractivity contribution is -0.118. The molecule has 1 N–H and O–H groups in total. The van der Waals surface area contributed by atoms with Gasteiger partial charge in [0.05, 0.1) is 5.75 Å². The molecule has 1 amide bonds. The number of carbonyl (C=O) groups excluding carboxylic acids is 1. The van der Waals surface area contributed by atoms with Gasteiger partial charge in [-0.25, -0.2) is 4.39 Å². The molecule has 0 aliphatic rings. The molecule has 0 radical (unpaired) electrons. The molecular formula is C20H20FN3O3S. The summed E-state index contributed by atoms with van der Waals surface area (Å²) in [5.41, 5.74) is 1.17. The molecule has 0 fully saturated rings. The topological polar surface area (TPSA) is 77.2 Å². The lowest BCUT2D eigenvalue weighted by Gasteiger charge is -2.10. The first-order valence-electron chi connectivity index (χ1n) is 8.79. The maximum absolute atomic E-state index is 12.9. The first-order valence-corrected chi connectivity index (χ1v) is 9.78. The number of hydrogen-bond donors (Lipinski definition) is 1. The molecule has 3 rings (SSSR count). The van der Waals surface area contributed by atoms with Gasteiger partial charge in [-0.3, -0.25) is 4.79 Å². The lowest BCUT2D eigenvalue weighted by Crippen LogP contribution is -2.27. The molecule has 146 valence electrons. The van der Waals surface area contributed by atoms with Gasteiger partial charge >= 0.3 is 0 Å². The summed E-state index contributed by atoms with van der Waals surface area (Å²) < 4.78 is 24.1. The van der Waals surface area contributed by atoms with Crippen molar-refractivity contribution in [2.45, 2.75) is 24.7 Å². The Hall–Kier alpha value is -2.87. The minimum atomic E-state index is -0.494. The van der Waals surface area contributed by atoms with E-state index in [1.54, 1.807) is 6.92 Å². The Bertz CT molecular complexity index is 887. The number of aromatic nitrogens is 2. The summed E-state index contributed by atoms with van der Waals surface area (Å²) in [4.78, 5) is 11.9. The van der Waals surface area contributed by atoms with Crippen LogP contribution in [0.1, 0.15) is 24.5 Å². The van der Waals surface area contributed by atoms with Crippen LogP contribution in [0, 0.1) is 5.82 Å². The third kappa shape index (κ3) is 6.09. The van der Waals surface area contributed by atoms with Crippen LogP contribution in [0.5, 0.6) is 5.75 Å². The van der Waals surface area contributed by atoms with E-state index < -0.39 is 6.10 Å². The lowest BCUT2D eigenvalue weighted by atomic mass is 10.1. The zero-order valence-electron chi connectivity index (χ0n) is 15.3. The number of nitrogens with zero attached hydrogens (tertiary/aromatic N) is 2. The van der Waals surface area contributed by atoms with Gasteiger partial charge in [0.25, 0.3) is 11.1 Å². The Morgan fingerprint density at radius 3 is 2.68 bits per heavy atom. The maximum atomic E-state index is 12.9. The smallest absolute Gasteiger partial charge is 0.277 e. The van der Waals surface area contributed by atoms with Crippen molar-refractivity contribution >= 4 is 17.7 Å². The van der Waals surface area contributed by atoms with Crippen LogP contribution in [0.15, 0.2) is 64.2 Å². The van der Waals surface area contributed by atoms with Gasteiger partial charge in [0.1, 0.15) is 11.6 Å². The minimum Gasteiger partial charge on any atom is -0.481 e. The van der Waals surface area contributed by atoms with Crippen LogP contribution in [-0.4, -0.2) is 28.4 Å². The molecule has 0 unspecified atom stereocenters. The molecule has 0 spiro atoms. The van der Waals surface area contributed by atoms with Gasteiger partial charge in [0, 0.05) is 6.54 Å². The fraction of sp³-hybridized carbons (Fsp3) is 0.250. The molecule has 0 aliphatic heterocycles. The van der Waals surface area contributed by atoms with Crippen molar-refractivity contribution in [3.63, 3.8) is 0 Å². The van der Waals surface area contributed by atoms with Crippen molar-refractivity contribution in [1.29, 1.82) is 0 Å². The average molecular weight is 401 g/mol. The van der Waals surface area contributed by atoms with Crippen LogP contribution in [0.4, 0.5) is 4.39 Å². The summed E-state index contributed by atoms with van der Waals surface area (Å²) in [6.07, 6.45) is 0.284. The van der Waals surface area contributed by atoms with Crippen molar-refractivity contribution in [2.24, 2.45) is 0 Å². The largest absolute Gasteiger partial charge is 0.481 e. The molecule has 0 bridgehead atoms. The van der Waals surface area contributed by atoms with E-state index in [2.05, 4.69) is 15.5 Å². The predicted molar refractivity (Wildman–Crippen MR) is 104 cm³/mol. The summed E-state index contributed by atoms with van der Waals surface area (Å²) in [6, 6.07) is 15.6. The molecule has 1 aromatic heterocycles. The number of hydrogen-bond acceptors (Lipinski definition) is 6.